The third kappa shape index (κ3) is 7.31. The Morgan fingerprint density at radius 3 is 1.92 bits per heavy atom. The highest BCUT2D eigenvalue weighted by Gasteiger charge is 2.50. The minimum atomic E-state index is -0.00832. The van der Waals surface area contributed by atoms with E-state index in [2.05, 4.69) is 190 Å². The van der Waals surface area contributed by atoms with E-state index in [0.29, 0.717) is 11.8 Å². The Kier molecular flexibility index (Phi) is 11.0. The normalized spacial score (nSPS) is 18.7. The highest BCUT2D eigenvalue weighted by molar-refractivity contribution is 7.33. The Labute approximate surface area is 458 Å². The van der Waals surface area contributed by atoms with Crippen LogP contribution in [0.3, 0.4) is 0 Å². The van der Waals surface area contributed by atoms with Crippen LogP contribution in [-0.2, 0) is 29.1 Å². The van der Waals surface area contributed by atoms with Crippen LogP contribution in [0.5, 0.6) is 0 Å². The Balaban J connectivity index is 1.02. The number of fused-ring (bicyclic) bond motifs is 12. The van der Waals surface area contributed by atoms with Crippen molar-refractivity contribution in [1.29, 1.82) is 0 Å². The summed E-state index contributed by atoms with van der Waals surface area (Å²) in [5.41, 5.74) is 28.9. The largest absolute Gasteiger partial charge is 0.311 e. The zero-order chi connectivity index (χ0) is 51.2. The van der Waals surface area contributed by atoms with E-state index in [-0.39, 0.29) is 23.0 Å². The SMILES string of the molecule is CC(C)(C)c1ccc2c(c1)B1c3sc4ccc(C5CCCC5)cc4c3N(c3cccc4c3-c3ccc(C(C)(C)C)cc3C43CCCCC3)c3cc(C4CCCC4)cc(c31)N2c1ccc(-c2ccc3c(c2)CCCC3)cc1. The van der Waals surface area contributed by atoms with Crippen molar-refractivity contribution in [2.75, 3.05) is 9.80 Å². The molecule has 0 saturated heterocycles. The molecule has 3 fully saturated rings. The van der Waals surface area contributed by atoms with Gasteiger partial charge in [-0.2, -0.15) is 0 Å². The molecule has 2 nitrogen and oxygen atoms in total. The van der Waals surface area contributed by atoms with Crippen LogP contribution < -0.4 is 25.5 Å². The van der Waals surface area contributed by atoms with Gasteiger partial charge in [-0.25, -0.2) is 0 Å². The summed E-state index contributed by atoms with van der Waals surface area (Å²) in [4.78, 5) is 5.59. The third-order valence-corrected chi connectivity index (χ3v) is 21.4. The van der Waals surface area contributed by atoms with Gasteiger partial charge in [0.15, 0.2) is 0 Å². The molecule has 0 N–H and O–H groups in total. The number of nitrogens with zero attached hydrogens (tertiary/aromatic N) is 2. The van der Waals surface area contributed by atoms with E-state index in [1.165, 1.54) is 208 Å². The fourth-order valence-corrected chi connectivity index (χ4v) is 17.4. The molecule has 1 spiro atoms. The van der Waals surface area contributed by atoms with E-state index in [1.54, 1.807) is 27.8 Å². The van der Waals surface area contributed by atoms with E-state index >= 15 is 0 Å². The second kappa shape index (κ2) is 17.6. The first-order valence-corrected chi connectivity index (χ1v) is 30.7. The maximum Gasteiger partial charge on any atom is 0.264 e. The van der Waals surface area contributed by atoms with Gasteiger partial charge in [-0.05, 0) is 208 Å². The van der Waals surface area contributed by atoms with Crippen molar-refractivity contribution < 1.29 is 0 Å². The lowest BCUT2D eigenvalue weighted by Gasteiger charge is -2.44. The summed E-state index contributed by atoms with van der Waals surface area (Å²) in [6, 6.07) is 53.0. The quantitative estimate of drug-likeness (QED) is 0.159. The van der Waals surface area contributed by atoms with Gasteiger partial charge in [0.25, 0.3) is 6.71 Å². The van der Waals surface area contributed by atoms with Gasteiger partial charge in [0.05, 0.1) is 11.4 Å². The number of hydrogen-bond donors (Lipinski definition) is 0. The summed E-state index contributed by atoms with van der Waals surface area (Å²) in [6.45, 7) is 14.5. The lowest BCUT2D eigenvalue weighted by atomic mass is 9.36. The molecule has 1 aromatic heterocycles. The van der Waals surface area contributed by atoms with Crippen molar-refractivity contribution in [2.45, 2.75) is 179 Å². The number of aryl methyl sites for hydroxylation is 2. The molecule has 8 aromatic rings. The molecule has 0 radical (unpaired) electrons. The van der Waals surface area contributed by atoms with Gasteiger partial charge in [0, 0.05) is 48.6 Å². The summed E-state index contributed by atoms with van der Waals surface area (Å²) in [7, 11) is 0. The predicted molar refractivity (Wildman–Crippen MR) is 327 cm³/mol. The van der Waals surface area contributed by atoms with Gasteiger partial charge in [-0.1, -0.05) is 165 Å². The Bertz CT molecular complexity index is 3640. The van der Waals surface area contributed by atoms with Gasteiger partial charge >= 0.3 is 0 Å². The van der Waals surface area contributed by atoms with Crippen LogP contribution >= 0.6 is 11.3 Å². The molecule has 3 heterocycles. The average molecular weight is 1010 g/mol. The van der Waals surface area contributed by atoms with Gasteiger partial charge < -0.3 is 9.80 Å². The molecule has 0 bridgehead atoms. The average Bonchev–Trinajstić information content (AvgIpc) is 4.34. The molecule has 15 rings (SSSR count). The highest BCUT2D eigenvalue weighted by atomic mass is 32.1. The van der Waals surface area contributed by atoms with Crippen molar-refractivity contribution in [3.05, 3.63) is 172 Å². The first kappa shape index (κ1) is 47.4. The zero-order valence-corrected chi connectivity index (χ0v) is 47.0. The summed E-state index contributed by atoms with van der Waals surface area (Å²) in [5.74, 6) is 1.18. The number of benzene rings is 7. The Hall–Kier alpha value is -5.84. The first-order valence-electron chi connectivity index (χ1n) is 29.9. The van der Waals surface area contributed by atoms with Crippen LogP contribution in [0.2, 0.25) is 0 Å². The summed E-state index contributed by atoms with van der Waals surface area (Å²) in [6.07, 6.45) is 21.8. The van der Waals surface area contributed by atoms with E-state index < -0.39 is 0 Å². The maximum atomic E-state index is 2.89. The minimum Gasteiger partial charge on any atom is -0.311 e. The third-order valence-electron chi connectivity index (χ3n) is 20.2. The molecular formula is C72H75BN2S. The Morgan fingerprint density at radius 2 is 1.18 bits per heavy atom. The first-order chi connectivity index (χ1) is 36.9. The summed E-state index contributed by atoms with van der Waals surface area (Å²) >= 11 is 2.09. The molecule has 2 aliphatic heterocycles. The van der Waals surface area contributed by atoms with Gasteiger partial charge in [-0.3, -0.25) is 0 Å². The highest BCUT2D eigenvalue weighted by Crippen LogP contribution is 2.61. The summed E-state index contributed by atoms with van der Waals surface area (Å²) < 4.78 is 2.92. The van der Waals surface area contributed by atoms with Crippen LogP contribution in [0.15, 0.2) is 127 Å². The summed E-state index contributed by atoms with van der Waals surface area (Å²) in [5, 5.41) is 1.45. The van der Waals surface area contributed by atoms with Crippen molar-refractivity contribution in [3.8, 4) is 22.3 Å². The fourth-order valence-electron chi connectivity index (χ4n) is 16.1. The maximum absolute atomic E-state index is 2.89. The van der Waals surface area contributed by atoms with Crippen molar-refractivity contribution >= 4 is 78.0 Å². The fraction of sp³-hybridized carbons (Fsp3) is 0.389. The van der Waals surface area contributed by atoms with E-state index in [1.807, 2.05) is 0 Å². The monoisotopic (exact) mass is 1010 g/mol. The molecule has 3 saturated carbocycles. The smallest absolute Gasteiger partial charge is 0.264 e. The molecular weight excluding hydrogens is 936 g/mol. The van der Waals surface area contributed by atoms with E-state index in [0.717, 1.165) is 0 Å². The molecule has 76 heavy (non-hydrogen) atoms. The van der Waals surface area contributed by atoms with Gasteiger partial charge in [-0.15, -0.1) is 11.3 Å². The molecule has 7 aromatic carbocycles. The second-order valence-corrected chi connectivity index (χ2v) is 27.8. The number of rotatable bonds is 5. The van der Waals surface area contributed by atoms with Crippen LogP contribution in [0.1, 0.15) is 194 Å². The van der Waals surface area contributed by atoms with Crippen LogP contribution in [-0.4, -0.2) is 6.71 Å². The van der Waals surface area contributed by atoms with Crippen LogP contribution in [0.25, 0.3) is 32.3 Å². The standard InChI is InChI=1S/C72H75BN2S/c1-70(2,3)53-30-34-56-59(43-53)72(37-14-7-15-38-72)58-23-16-24-62(66(56)58)75-64-42-52(46-19-10-11-20-46)41-63-67(64)73(69-68(75)57-40-51(29-36-65(57)76-69)45-17-8-9-18-45)60-44-54(71(4,5)6)31-35-61(60)74(63)55-32-27-48(28-33-55)50-26-25-47-21-12-13-22-49(47)39-50/h16,23-36,39-46H,7-15,17-22,37-38H2,1-6H3. The van der Waals surface area contributed by atoms with Crippen molar-refractivity contribution in [2.24, 2.45) is 0 Å². The zero-order valence-electron chi connectivity index (χ0n) is 46.2. The van der Waals surface area contributed by atoms with E-state index in [4.69, 9.17) is 0 Å². The van der Waals surface area contributed by atoms with Crippen molar-refractivity contribution in [3.63, 3.8) is 0 Å². The Morgan fingerprint density at radius 1 is 0.513 bits per heavy atom. The second-order valence-electron chi connectivity index (χ2n) is 26.7. The van der Waals surface area contributed by atoms with Gasteiger partial charge in [0.2, 0.25) is 0 Å². The molecule has 0 unspecified atom stereocenters. The molecule has 0 amide bonds. The molecule has 0 atom stereocenters. The van der Waals surface area contributed by atoms with Crippen LogP contribution in [0.4, 0.5) is 34.1 Å². The number of thiophene rings is 1. The van der Waals surface area contributed by atoms with Crippen LogP contribution in [0, 0.1) is 0 Å². The lowest BCUT2D eigenvalue weighted by molar-refractivity contribution is 0.352. The predicted octanol–water partition coefficient (Wildman–Crippen LogP) is 18.7. The van der Waals surface area contributed by atoms with Crippen molar-refractivity contribution in [1.82, 2.24) is 0 Å². The molecule has 5 aliphatic carbocycles. The topological polar surface area (TPSA) is 6.48 Å². The molecule has 4 heteroatoms. The van der Waals surface area contributed by atoms with E-state index in [9.17, 15) is 0 Å². The molecule has 7 aliphatic rings. The van der Waals surface area contributed by atoms with Gasteiger partial charge in [0.1, 0.15) is 0 Å². The minimum absolute atomic E-state index is 0.00832. The molecule has 382 valence electrons. The number of hydrogen-bond acceptors (Lipinski definition) is 3. The number of anilines is 6. The lowest BCUT2D eigenvalue weighted by Crippen LogP contribution is -2.60.